The highest BCUT2D eigenvalue weighted by Crippen LogP contribution is 2.35. The van der Waals surface area contributed by atoms with Crippen molar-refractivity contribution in [3.05, 3.63) is 94.7 Å². The smallest absolute Gasteiger partial charge is 0.224 e. The Balaban J connectivity index is 1.25. The average molecular weight is 636 g/mol. The number of imidazole rings is 1. The molecule has 0 saturated heterocycles. The molecule has 11 heteroatoms. The van der Waals surface area contributed by atoms with E-state index in [4.69, 9.17) is 15.5 Å². The highest BCUT2D eigenvalue weighted by atomic mass is 28.3. The van der Waals surface area contributed by atoms with E-state index in [-0.39, 0.29) is 17.8 Å². The molecule has 5 aromatic rings. The molecule has 1 saturated carbocycles. The van der Waals surface area contributed by atoms with Crippen molar-refractivity contribution in [3.63, 3.8) is 0 Å². The molecule has 0 unspecified atom stereocenters. The molecule has 10 nitrogen and oxygen atoms in total. The number of pyridine rings is 3. The number of ether oxygens (including phenoxy) is 1. The van der Waals surface area contributed by atoms with Crippen LogP contribution in [0, 0.1) is 5.92 Å². The van der Waals surface area contributed by atoms with E-state index in [0.29, 0.717) is 60.6 Å². The summed E-state index contributed by atoms with van der Waals surface area (Å²) in [5, 5.41) is 3.46. The second-order valence-electron chi connectivity index (χ2n) is 13.3. The number of carbonyl (C=O) groups excluding carboxylic acids is 1. The van der Waals surface area contributed by atoms with Gasteiger partial charge in [-0.1, -0.05) is 43.9 Å². The lowest BCUT2D eigenvalue weighted by Crippen LogP contribution is -2.24. The number of fused-ring (bicyclic) bond motifs is 1. The van der Waals surface area contributed by atoms with E-state index in [1.807, 2.05) is 63.9 Å². The molecule has 4 aromatic heterocycles. The molecule has 1 aromatic carbocycles. The number of carbonyl (C=O) groups is 1. The van der Waals surface area contributed by atoms with Crippen LogP contribution in [-0.2, 0) is 35.8 Å². The lowest BCUT2D eigenvalue weighted by Gasteiger charge is -2.19. The second-order valence-corrected chi connectivity index (χ2v) is 18.9. The first-order valence-corrected chi connectivity index (χ1v) is 19.5. The van der Waals surface area contributed by atoms with Crippen LogP contribution in [-0.4, -0.2) is 44.7 Å². The van der Waals surface area contributed by atoms with Gasteiger partial charge in [-0.05, 0) is 60.2 Å². The minimum Gasteiger partial charge on any atom is -0.384 e. The molecule has 0 aliphatic heterocycles. The van der Waals surface area contributed by atoms with Crippen molar-refractivity contribution in [1.82, 2.24) is 29.4 Å². The molecular weight excluding hydrogens is 595 g/mol. The number of aromatic nitrogens is 5. The van der Waals surface area contributed by atoms with Crippen LogP contribution >= 0.6 is 0 Å². The number of hydrogen-bond donors (Lipinski definition) is 2. The summed E-state index contributed by atoms with van der Waals surface area (Å²) in [5.74, 6) is 1.32. The molecule has 1 amide bonds. The van der Waals surface area contributed by atoms with E-state index in [9.17, 15) is 9.59 Å². The molecular formula is C35H41N7O3Si. The Hall–Kier alpha value is -4.61. The molecule has 0 bridgehead atoms. The van der Waals surface area contributed by atoms with Crippen LogP contribution in [0.4, 0.5) is 5.82 Å². The Labute approximate surface area is 269 Å². The second kappa shape index (κ2) is 13.4. The molecule has 0 radical (unpaired) electrons. The van der Waals surface area contributed by atoms with Crippen molar-refractivity contribution in [1.29, 1.82) is 0 Å². The fraction of sp³-hybridized carbons (Fsp3) is 0.343. The third kappa shape index (κ3) is 7.43. The van der Waals surface area contributed by atoms with Crippen LogP contribution in [0.3, 0.4) is 0 Å². The lowest BCUT2D eigenvalue weighted by atomic mass is 10.0. The van der Waals surface area contributed by atoms with Crippen LogP contribution in [0.1, 0.15) is 24.0 Å². The fourth-order valence-electron chi connectivity index (χ4n) is 5.38. The summed E-state index contributed by atoms with van der Waals surface area (Å²) in [5.41, 5.74) is 11.1. The largest absolute Gasteiger partial charge is 0.384 e. The molecule has 4 heterocycles. The maximum absolute atomic E-state index is 14.0. The number of benzene rings is 1. The Morgan fingerprint density at radius 1 is 1.02 bits per heavy atom. The van der Waals surface area contributed by atoms with Crippen LogP contribution in [0.25, 0.3) is 33.7 Å². The first-order valence-electron chi connectivity index (χ1n) is 15.8. The molecule has 46 heavy (non-hydrogen) atoms. The Morgan fingerprint density at radius 2 is 1.78 bits per heavy atom. The van der Waals surface area contributed by atoms with Crippen molar-refractivity contribution in [2.75, 3.05) is 12.3 Å². The summed E-state index contributed by atoms with van der Waals surface area (Å²) >= 11 is 0. The zero-order chi connectivity index (χ0) is 32.3. The van der Waals surface area contributed by atoms with Crippen LogP contribution in [0.5, 0.6) is 0 Å². The van der Waals surface area contributed by atoms with E-state index in [2.05, 4.69) is 34.9 Å². The number of nitrogens with one attached hydrogen (secondary N) is 1. The van der Waals surface area contributed by atoms with Crippen LogP contribution in [0.2, 0.25) is 25.7 Å². The van der Waals surface area contributed by atoms with Gasteiger partial charge in [0.25, 0.3) is 0 Å². The monoisotopic (exact) mass is 635 g/mol. The van der Waals surface area contributed by atoms with E-state index in [0.717, 1.165) is 41.3 Å². The van der Waals surface area contributed by atoms with Gasteiger partial charge in [0.15, 0.2) is 0 Å². The lowest BCUT2D eigenvalue weighted by molar-refractivity contribution is -0.120. The van der Waals surface area contributed by atoms with Gasteiger partial charge in [0.1, 0.15) is 29.6 Å². The molecule has 238 valence electrons. The zero-order valence-electron chi connectivity index (χ0n) is 26.7. The highest BCUT2D eigenvalue weighted by Gasteiger charge is 2.27. The van der Waals surface area contributed by atoms with Crippen molar-refractivity contribution in [3.8, 4) is 22.6 Å². The van der Waals surface area contributed by atoms with Crippen molar-refractivity contribution in [2.24, 2.45) is 5.92 Å². The van der Waals surface area contributed by atoms with E-state index in [1.165, 1.54) is 0 Å². The Kier molecular flexibility index (Phi) is 9.14. The Morgan fingerprint density at radius 3 is 2.50 bits per heavy atom. The summed E-state index contributed by atoms with van der Waals surface area (Å²) in [7, 11) is -1.22. The average Bonchev–Trinajstić information content (AvgIpc) is 3.76. The van der Waals surface area contributed by atoms with Gasteiger partial charge in [0.2, 0.25) is 11.3 Å². The molecule has 1 fully saturated rings. The standard InChI is InChI=1S/C35H41N7O3Si/c1-46(2,3)19-18-45-23-41-17-16-38-35(41)31-32(44)28-10-11-29(40-34(28)42(33(31)36)22-26-4-5-26)27-8-6-24(7-9-27)20-30(43)39-21-25-12-14-37-15-13-25/h6-17,26H,4-5,18-23,36H2,1-3H3,(H,39,43). The van der Waals surface area contributed by atoms with Crippen molar-refractivity contribution >= 4 is 30.8 Å². The van der Waals surface area contributed by atoms with Crippen molar-refractivity contribution < 1.29 is 9.53 Å². The number of rotatable bonds is 13. The van der Waals surface area contributed by atoms with Gasteiger partial charge in [-0.15, -0.1) is 0 Å². The SMILES string of the molecule is C[Si](C)(C)CCOCn1ccnc1-c1c(N)n(CC2CC2)c2nc(-c3ccc(CC(=O)NCc4ccncc4)cc3)ccc2c1=O. The number of anilines is 1. The van der Waals surface area contributed by atoms with Crippen LogP contribution in [0.15, 0.2) is 78.1 Å². The molecule has 6 rings (SSSR count). The normalized spacial score (nSPS) is 13.3. The third-order valence-corrected chi connectivity index (χ3v) is 10.0. The maximum Gasteiger partial charge on any atom is 0.224 e. The molecule has 3 N–H and O–H groups in total. The highest BCUT2D eigenvalue weighted by molar-refractivity contribution is 6.76. The first-order chi connectivity index (χ1) is 22.2. The zero-order valence-corrected chi connectivity index (χ0v) is 27.7. The van der Waals surface area contributed by atoms with Gasteiger partial charge in [-0.25, -0.2) is 9.97 Å². The van der Waals surface area contributed by atoms with Gasteiger partial charge in [0, 0.05) is 58.1 Å². The van der Waals surface area contributed by atoms with E-state index in [1.54, 1.807) is 18.6 Å². The summed E-state index contributed by atoms with van der Waals surface area (Å²) in [6, 6.07) is 16.3. The van der Waals surface area contributed by atoms with E-state index < -0.39 is 8.07 Å². The summed E-state index contributed by atoms with van der Waals surface area (Å²) in [6.07, 6.45) is 9.45. The van der Waals surface area contributed by atoms with Crippen LogP contribution < -0.4 is 16.5 Å². The third-order valence-electron chi connectivity index (χ3n) is 8.31. The fourth-order valence-corrected chi connectivity index (χ4v) is 6.13. The number of nitrogen functional groups attached to an aromatic ring is 1. The number of nitrogens with zero attached hydrogens (tertiary/aromatic N) is 5. The maximum atomic E-state index is 14.0. The quantitative estimate of drug-likeness (QED) is 0.129. The molecule has 0 spiro atoms. The predicted octanol–water partition coefficient (Wildman–Crippen LogP) is 5.49. The Bertz CT molecular complexity index is 1890. The van der Waals surface area contributed by atoms with Gasteiger partial charge in [-0.3, -0.25) is 14.6 Å². The molecule has 0 atom stereocenters. The predicted molar refractivity (Wildman–Crippen MR) is 184 cm³/mol. The molecule has 1 aliphatic rings. The topological polar surface area (TPSA) is 130 Å². The minimum atomic E-state index is -1.22. The molecule has 1 aliphatic carbocycles. The number of amides is 1. The summed E-state index contributed by atoms with van der Waals surface area (Å²) in [4.78, 5) is 40.0. The first kappa shape index (κ1) is 31.4. The number of hydrogen-bond acceptors (Lipinski definition) is 7. The number of nitrogens with two attached hydrogens (primary N) is 1. The summed E-state index contributed by atoms with van der Waals surface area (Å²) in [6.45, 7) is 9.08. The van der Waals surface area contributed by atoms with Gasteiger partial charge in [0.05, 0.1) is 17.5 Å². The van der Waals surface area contributed by atoms with Crippen molar-refractivity contribution in [2.45, 2.75) is 64.8 Å². The minimum absolute atomic E-state index is 0.0532. The van der Waals surface area contributed by atoms with E-state index >= 15 is 0 Å². The van der Waals surface area contributed by atoms with Gasteiger partial charge >= 0.3 is 0 Å². The summed E-state index contributed by atoms with van der Waals surface area (Å²) < 4.78 is 9.82. The van der Waals surface area contributed by atoms with Gasteiger partial charge in [-0.2, -0.15) is 0 Å². The van der Waals surface area contributed by atoms with Gasteiger partial charge < -0.3 is 24.9 Å².